The van der Waals surface area contributed by atoms with Crippen LogP contribution in [0.25, 0.3) is 0 Å². The molecular weight excluding hydrogens is 292 g/mol. The van der Waals surface area contributed by atoms with Gasteiger partial charge in [-0.15, -0.1) is 0 Å². The normalized spacial score (nSPS) is 45.8. The Kier molecular flexibility index (Phi) is 4.94. The van der Waals surface area contributed by atoms with Crippen LogP contribution in [0.2, 0.25) is 0 Å². The number of allylic oxidation sites excluding steroid dienone is 1. The predicted molar refractivity (Wildman–Crippen MR) is 101 cm³/mol. The van der Waals surface area contributed by atoms with Crippen LogP contribution in [0.5, 0.6) is 0 Å². The first-order valence-corrected chi connectivity index (χ1v) is 10.2. The van der Waals surface area contributed by atoms with Gasteiger partial charge in [0.1, 0.15) is 0 Å². The molecule has 4 N–H and O–H groups in total. The van der Waals surface area contributed by atoms with Crippen LogP contribution in [0, 0.1) is 49.6 Å². The fraction of sp³-hybridized carbons (Fsp3) is 0.818. The van der Waals surface area contributed by atoms with Crippen molar-refractivity contribution < 1.29 is 10.6 Å². The Morgan fingerprint density at radius 3 is 2.62 bits per heavy atom. The van der Waals surface area contributed by atoms with Crippen molar-refractivity contribution in [3.63, 3.8) is 0 Å². The van der Waals surface area contributed by atoms with E-state index in [1.54, 1.807) is 5.57 Å². The van der Waals surface area contributed by atoms with Crippen molar-refractivity contribution in [3.05, 3.63) is 26.2 Å². The molecule has 0 aromatic rings. The van der Waals surface area contributed by atoms with Gasteiger partial charge in [0.2, 0.25) is 0 Å². The minimum atomic E-state index is 0.237. The molecule has 3 saturated carbocycles. The summed E-state index contributed by atoms with van der Waals surface area (Å²) in [6, 6.07) is 0. The summed E-state index contributed by atoms with van der Waals surface area (Å²) in [6.45, 7) is 14.3. The molecule has 0 amide bonds. The maximum atomic E-state index is 4.58. The number of nitrogens with two attached hydrogens (primary N) is 2. The van der Waals surface area contributed by atoms with E-state index in [0.29, 0.717) is 5.54 Å². The highest BCUT2D eigenvalue weighted by Gasteiger charge is 2.57. The summed E-state index contributed by atoms with van der Waals surface area (Å²) in [5, 5.41) is 4.46. The van der Waals surface area contributed by atoms with Crippen molar-refractivity contribution in [2.75, 3.05) is 0 Å². The molecular formula is C22H40N2. The van der Waals surface area contributed by atoms with Gasteiger partial charge in [0, 0.05) is 18.8 Å². The van der Waals surface area contributed by atoms with Crippen LogP contribution < -0.4 is 10.6 Å². The minimum Gasteiger partial charge on any atom is -0.474 e. The second-order valence-corrected chi connectivity index (χ2v) is 10.2. The Hall–Kier alpha value is -0.340. The first-order chi connectivity index (χ1) is 11.2. The quantitative estimate of drug-likeness (QED) is 0.586. The zero-order chi connectivity index (χ0) is 17.7. The highest BCUT2D eigenvalue weighted by atomic mass is 15.0. The van der Waals surface area contributed by atoms with Crippen molar-refractivity contribution in [2.24, 2.45) is 35.5 Å². The molecule has 0 aliphatic heterocycles. The third-order valence-electron chi connectivity index (χ3n) is 8.21. The van der Waals surface area contributed by atoms with Crippen molar-refractivity contribution in [2.45, 2.75) is 77.3 Å². The molecule has 3 aliphatic rings. The summed E-state index contributed by atoms with van der Waals surface area (Å²) in [5.41, 5.74) is 2.14. The van der Waals surface area contributed by atoms with E-state index < -0.39 is 0 Å². The van der Waals surface area contributed by atoms with E-state index in [4.69, 9.17) is 0 Å². The maximum Gasteiger partial charge on any atom is 0.0726 e. The number of rotatable bonds is 4. The van der Waals surface area contributed by atoms with Gasteiger partial charge in [-0.1, -0.05) is 19.1 Å². The molecule has 0 radical (unpaired) electrons. The standard InChI is InChI=1S/C22H40N2/c1-14-8-9-18-20-17(10-11-22(18,5)24-7)15(2)12-16(19(14)20)13-21(3,4)23-6/h15-20H,1,6-13,23-24H2,2-5H3/t15-,16-,17+,18-,19-,20+,22+/m1/s1. The highest BCUT2D eigenvalue weighted by Crippen LogP contribution is 2.60. The summed E-state index contributed by atoms with van der Waals surface area (Å²) >= 11 is 0. The SMILES string of the molecule is C=C1CC[C@@H]2[C@@H]3[C@@H](CC[C@]2(C)[NH2+][CH2-])[C@H](C)C[C@H](CC(C)(C)[NH2+][CH2-])[C@@H]13. The molecule has 0 aromatic carbocycles. The van der Waals surface area contributed by atoms with E-state index in [-0.39, 0.29) is 5.54 Å². The van der Waals surface area contributed by atoms with Crippen molar-refractivity contribution in [1.82, 2.24) is 0 Å². The molecule has 2 nitrogen and oxygen atoms in total. The molecule has 7 atom stereocenters. The van der Waals surface area contributed by atoms with E-state index >= 15 is 0 Å². The number of quaternary nitrogens is 2. The average Bonchev–Trinajstić information content (AvgIpc) is 2.53. The Morgan fingerprint density at radius 1 is 1.29 bits per heavy atom. The third-order valence-corrected chi connectivity index (χ3v) is 8.21. The third kappa shape index (κ3) is 2.98. The van der Waals surface area contributed by atoms with E-state index in [2.05, 4.69) is 59.0 Å². The van der Waals surface area contributed by atoms with Crippen LogP contribution in [-0.4, -0.2) is 11.1 Å². The molecule has 0 aromatic heterocycles. The Balaban J connectivity index is 1.93. The van der Waals surface area contributed by atoms with Crippen LogP contribution in [0.1, 0.15) is 66.2 Å². The lowest BCUT2D eigenvalue weighted by molar-refractivity contribution is -0.688. The smallest absolute Gasteiger partial charge is 0.0726 e. The largest absolute Gasteiger partial charge is 0.474 e. The van der Waals surface area contributed by atoms with Gasteiger partial charge >= 0.3 is 0 Å². The molecule has 0 saturated heterocycles. The van der Waals surface area contributed by atoms with Gasteiger partial charge in [0.15, 0.2) is 0 Å². The van der Waals surface area contributed by atoms with Gasteiger partial charge in [0.05, 0.1) is 11.1 Å². The molecule has 0 spiro atoms. The second-order valence-electron chi connectivity index (χ2n) is 10.2. The Bertz CT molecular complexity index is 482. The minimum absolute atomic E-state index is 0.237. The maximum absolute atomic E-state index is 4.58. The molecule has 0 bridgehead atoms. The monoisotopic (exact) mass is 332 g/mol. The second kappa shape index (κ2) is 6.43. The Labute approximate surface area is 150 Å². The summed E-state index contributed by atoms with van der Waals surface area (Å²) in [7, 11) is 8.33. The van der Waals surface area contributed by atoms with E-state index in [1.807, 2.05) is 0 Å². The van der Waals surface area contributed by atoms with E-state index in [0.717, 1.165) is 35.5 Å². The van der Waals surface area contributed by atoms with Gasteiger partial charge in [-0.3, -0.25) is 0 Å². The molecule has 0 unspecified atom stereocenters. The lowest BCUT2D eigenvalue weighted by Crippen LogP contribution is -2.94. The zero-order valence-electron chi connectivity index (χ0n) is 16.5. The van der Waals surface area contributed by atoms with Crippen molar-refractivity contribution in [1.29, 1.82) is 0 Å². The van der Waals surface area contributed by atoms with Crippen molar-refractivity contribution in [3.8, 4) is 0 Å². The molecule has 3 fully saturated rings. The van der Waals surface area contributed by atoms with Crippen LogP contribution in [0.15, 0.2) is 12.2 Å². The predicted octanol–water partition coefficient (Wildman–Crippen LogP) is 2.89. The van der Waals surface area contributed by atoms with Crippen LogP contribution in [-0.2, 0) is 0 Å². The van der Waals surface area contributed by atoms with E-state index in [1.165, 1.54) is 38.5 Å². The first kappa shape index (κ1) is 18.5. The highest BCUT2D eigenvalue weighted by molar-refractivity contribution is 5.17. The molecule has 3 aliphatic carbocycles. The zero-order valence-corrected chi connectivity index (χ0v) is 16.5. The van der Waals surface area contributed by atoms with E-state index in [9.17, 15) is 0 Å². The van der Waals surface area contributed by atoms with Crippen LogP contribution >= 0.6 is 0 Å². The summed E-state index contributed by atoms with van der Waals surface area (Å²) in [6.07, 6.45) is 7.97. The number of hydrogen-bond donors (Lipinski definition) is 2. The molecule has 2 heteroatoms. The topological polar surface area (TPSA) is 33.2 Å². The Morgan fingerprint density at radius 2 is 2.00 bits per heavy atom. The fourth-order valence-electron chi connectivity index (χ4n) is 6.75. The molecule has 138 valence electrons. The molecule has 0 heterocycles. The van der Waals surface area contributed by atoms with Crippen LogP contribution in [0.4, 0.5) is 0 Å². The van der Waals surface area contributed by atoms with Gasteiger partial charge in [-0.05, 0) is 76.0 Å². The summed E-state index contributed by atoms with van der Waals surface area (Å²) < 4.78 is 0. The van der Waals surface area contributed by atoms with Gasteiger partial charge < -0.3 is 10.6 Å². The lowest BCUT2D eigenvalue weighted by atomic mass is 9.46. The van der Waals surface area contributed by atoms with Gasteiger partial charge in [-0.2, -0.15) is 14.1 Å². The fourth-order valence-corrected chi connectivity index (χ4v) is 6.75. The summed E-state index contributed by atoms with van der Waals surface area (Å²) in [5.74, 6) is 4.96. The molecule has 3 rings (SSSR count). The molecule has 24 heavy (non-hydrogen) atoms. The average molecular weight is 333 g/mol. The van der Waals surface area contributed by atoms with Gasteiger partial charge in [-0.25, -0.2) is 0 Å². The first-order valence-electron chi connectivity index (χ1n) is 10.2. The van der Waals surface area contributed by atoms with Gasteiger partial charge in [0.25, 0.3) is 0 Å². The van der Waals surface area contributed by atoms with Crippen molar-refractivity contribution >= 4 is 0 Å². The van der Waals surface area contributed by atoms with Crippen LogP contribution in [0.3, 0.4) is 0 Å². The number of hydrogen-bond acceptors (Lipinski definition) is 0. The summed E-state index contributed by atoms with van der Waals surface area (Å²) in [4.78, 5) is 0. The lowest BCUT2D eigenvalue weighted by Gasteiger charge is -2.60.